The number of imide groups is 1. The minimum absolute atomic E-state index is 0.168. The van der Waals surface area contributed by atoms with E-state index in [9.17, 15) is 9.59 Å². The highest BCUT2D eigenvalue weighted by molar-refractivity contribution is 7.80. The van der Waals surface area contributed by atoms with Crippen LogP contribution < -0.4 is 5.73 Å². The van der Waals surface area contributed by atoms with Crippen LogP contribution in [0.3, 0.4) is 0 Å². The molecule has 96 valence electrons. The summed E-state index contributed by atoms with van der Waals surface area (Å²) in [6, 6.07) is 0. The van der Waals surface area contributed by atoms with Crippen molar-refractivity contribution < 1.29 is 9.59 Å². The van der Waals surface area contributed by atoms with Gasteiger partial charge < -0.3 is 5.73 Å². The molecule has 0 radical (unpaired) electrons. The SMILES string of the molecule is CCC(CC)(C(N)=S)N1C(=O)CC(C)(C)C1=O. The molecule has 5 heteroatoms. The molecule has 1 heterocycles. The first-order valence-corrected chi connectivity index (χ1v) is 6.31. The number of hydrogen-bond acceptors (Lipinski definition) is 3. The number of hydrogen-bond donors (Lipinski definition) is 1. The van der Waals surface area contributed by atoms with Crippen molar-refractivity contribution in [3.8, 4) is 0 Å². The lowest BCUT2D eigenvalue weighted by Crippen LogP contribution is -2.59. The fourth-order valence-corrected chi connectivity index (χ4v) is 2.79. The topological polar surface area (TPSA) is 63.4 Å². The maximum atomic E-state index is 12.3. The summed E-state index contributed by atoms with van der Waals surface area (Å²) in [7, 11) is 0. The number of carbonyl (C=O) groups excluding carboxylic acids is 2. The zero-order chi connectivity index (χ0) is 13.4. The van der Waals surface area contributed by atoms with E-state index in [1.807, 2.05) is 13.8 Å². The standard InChI is InChI=1S/C12H20N2O2S/c1-5-12(6-2,9(13)17)14-8(15)7-11(3,4)10(14)16/h5-7H2,1-4H3,(H2,13,17). The highest BCUT2D eigenvalue weighted by Gasteiger charge is 2.53. The molecule has 0 atom stereocenters. The second kappa shape index (κ2) is 4.37. The monoisotopic (exact) mass is 256 g/mol. The van der Waals surface area contributed by atoms with Gasteiger partial charge in [0, 0.05) is 6.42 Å². The van der Waals surface area contributed by atoms with Crippen LogP contribution in [0.2, 0.25) is 0 Å². The van der Waals surface area contributed by atoms with Crippen LogP contribution in [0.1, 0.15) is 47.0 Å². The van der Waals surface area contributed by atoms with Crippen molar-refractivity contribution in [1.82, 2.24) is 4.90 Å². The van der Waals surface area contributed by atoms with Gasteiger partial charge in [0.2, 0.25) is 11.8 Å². The summed E-state index contributed by atoms with van der Waals surface area (Å²) in [5, 5.41) is 0. The second-order valence-corrected chi connectivity index (χ2v) is 5.64. The lowest BCUT2D eigenvalue weighted by Gasteiger charge is -2.39. The number of rotatable bonds is 4. The molecular weight excluding hydrogens is 236 g/mol. The van der Waals surface area contributed by atoms with E-state index in [-0.39, 0.29) is 23.2 Å². The molecule has 0 aliphatic carbocycles. The highest BCUT2D eigenvalue weighted by atomic mass is 32.1. The number of likely N-dealkylation sites (tertiary alicyclic amines) is 1. The van der Waals surface area contributed by atoms with E-state index in [1.54, 1.807) is 13.8 Å². The molecule has 2 amide bonds. The minimum Gasteiger partial charge on any atom is -0.391 e. The minimum atomic E-state index is -0.794. The second-order valence-electron chi connectivity index (χ2n) is 5.20. The average Bonchev–Trinajstić information content (AvgIpc) is 2.42. The maximum absolute atomic E-state index is 12.3. The van der Waals surface area contributed by atoms with Crippen LogP contribution in [0.25, 0.3) is 0 Å². The molecular formula is C12H20N2O2S. The Balaban J connectivity index is 3.26. The molecule has 0 spiro atoms. The Bertz CT molecular complexity index is 373. The summed E-state index contributed by atoms with van der Waals surface area (Å²) in [6.45, 7) is 7.36. The third kappa shape index (κ3) is 1.97. The molecule has 4 nitrogen and oxygen atoms in total. The predicted octanol–water partition coefficient (Wildman–Crippen LogP) is 1.62. The fraction of sp³-hybridized carbons (Fsp3) is 0.750. The molecule has 1 fully saturated rings. The van der Waals surface area contributed by atoms with Crippen molar-refractivity contribution in [2.45, 2.75) is 52.5 Å². The van der Waals surface area contributed by atoms with E-state index in [2.05, 4.69) is 0 Å². The average molecular weight is 256 g/mol. The molecule has 0 bridgehead atoms. The van der Waals surface area contributed by atoms with Gasteiger partial charge in [0.1, 0.15) is 0 Å². The third-order valence-corrected chi connectivity index (χ3v) is 4.06. The summed E-state index contributed by atoms with van der Waals surface area (Å²) < 4.78 is 0. The zero-order valence-corrected chi connectivity index (χ0v) is 11.7. The lowest BCUT2D eigenvalue weighted by atomic mass is 9.88. The number of thiocarbonyl (C=S) groups is 1. The molecule has 1 aliphatic heterocycles. The summed E-state index contributed by atoms with van der Waals surface area (Å²) in [6.07, 6.45) is 1.36. The van der Waals surface area contributed by atoms with Crippen LogP contribution in [0.15, 0.2) is 0 Å². The number of carbonyl (C=O) groups is 2. The van der Waals surface area contributed by atoms with Crippen LogP contribution in [0, 0.1) is 5.41 Å². The predicted molar refractivity (Wildman–Crippen MR) is 70.3 cm³/mol. The molecule has 0 saturated carbocycles. The van der Waals surface area contributed by atoms with Crippen LogP contribution in [-0.4, -0.2) is 27.2 Å². The molecule has 0 aromatic heterocycles. The van der Waals surface area contributed by atoms with Crippen molar-refractivity contribution in [3.05, 3.63) is 0 Å². The largest absolute Gasteiger partial charge is 0.391 e. The van der Waals surface area contributed by atoms with E-state index < -0.39 is 11.0 Å². The Labute approximate surface area is 108 Å². The van der Waals surface area contributed by atoms with Crippen molar-refractivity contribution in [2.24, 2.45) is 11.1 Å². The van der Waals surface area contributed by atoms with Crippen molar-refractivity contribution in [3.63, 3.8) is 0 Å². The summed E-state index contributed by atoms with van der Waals surface area (Å²) >= 11 is 5.08. The van der Waals surface area contributed by atoms with Gasteiger partial charge in [-0.25, -0.2) is 0 Å². The Morgan fingerprint density at radius 3 is 2.12 bits per heavy atom. The van der Waals surface area contributed by atoms with Crippen LogP contribution in [0.5, 0.6) is 0 Å². The molecule has 2 N–H and O–H groups in total. The Hall–Kier alpha value is -0.970. The van der Waals surface area contributed by atoms with Crippen molar-refractivity contribution in [1.29, 1.82) is 0 Å². The summed E-state index contributed by atoms with van der Waals surface area (Å²) in [5.74, 6) is -0.337. The van der Waals surface area contributed by atoms with Gasteiger partial charge in [0.05, 0.1) is 15.9 Å². The summed E-state index contributed by atoms with van der Waals surface area (Å²) in [5.41, 5.74) is 4.34. The van der Waals surface area contributed by atoms with Gasteiger partial charge >= 0.3 is 0 Å². The molecule has 0 unspecified atom stereocenters. The van der Waals surface area contributed by atoms with Gasteiger partial charge in [-0.15, -0.1) is 0 Å². The van der Waals surface area contributed by atoms with E-state index in [4.69, 9.17) is 18.0 Å². The third-order valence-electron chi connectivity index (χ3n) is 3.68. The lowest BCUT2D eigenvalue weighted by molar-refractivity contribution is -0.145. The van der Waals surface area contributed by atoms with Crippen LogP contribution >= 0.6 is 12.2 Å². The van der Waals surface area contributed by atoms with Gasteiger partial charge in [-0.1, -0.05) is 39.9 Å². The normalized spacial score (nSPS) is 19.9. The van der Waals surface area contributed by atoms with Crippen LogP contribution in [-0.2, 0) is 9.59 Å². The molecule has 1 aliphatic rings. The quantitative estimate of drug-likeness (QED) is 0.613. The molecule has 0 aromatic carbocycles. The van der Waals surface area contributed by atoms with Crippen molar-refractivity contribution >= 4 is 29.0 Å². The first kappa shape index (κ1) is 14.1. The summed E-state index contributed by atoms with van der Waals surface area (Å²) in [4.78, 5) is 25.9. The number of nitrogens with two attached hydrogens (primary N) is 1. The Morgan fingerprint density at radius 2 is 1.88 bits per heavy atom. The number of amides is 2. The maximum Gasteiger partial charge on any atom is 0.236 e. The first-order valence-electron chi connectivity index (χ1n) is 5.90. The molecule has 1 rings (SSSR count). The first-order chi connectivity index (χ1) is 7.73. The Kier molecular flexibility index (Phi) is 3.62. The smallest absolute Gasteiger partial charge is 0.236 e. The van der Waals surface area contributed by atoms with E-state index >= 15 is 0 Å². The molecule has 0 aromatic rings. The van der Waals surface area contributed by atoms with Gasteiger partial charge in [0.25, 0.3) is 0 Å². The van der Waals surface area contributed by atoms with E-state index in [0.29, 0.717) is 12.8 Å². The van der Waals surface area contributed by atoms with Crippen LogP contribution in [0.4, 0.5) is 0 Å². The molecule has 1 saturated heterocycles. The highest BCUT2D eigenvalue weighted by Crippen LogP contribution is 2.38. The van der Waals surface area contributed by atoms with Gasteiger partial charge in [-0.05, 0) is 12.8 Å². The number of nitrogens with zero attached hydrogens (tertiary/aromatic N) is 1. The zero-order valence-electron chi connectivity index (χ0n) is 10.9. The van der Waals surface area contributed by atoms with E-state index in [0.717, 1.165) is 0 Å². The van der Waals surface area contributed by atoms with Gasteiger partial charge in [-0.2, -0.15) is 0 Å². The van der Waals surface area contributed by atoms with Crippen molar-refractivity contribution in [2.75, 3.05) is 0 Å². The Morgan fingerprint density at radius 1 is 1.41 bits per heavy atom. The van der Waals surface area contributed by atoms with E-state index in [1.165, 1.54) is 4.90 Å². The van der Waals surface area contributed by atoms with Gasteiger partial charge in [0.15, 0.2) is 0 Å². The van der Waals surface area contributed by atoms with Gasteiger partial charge in [-0.3, -0.25) is 14.5 Å². The molecule has 17 heavy (non-hydrogen) atoms. The fourth-order valence-electron chi connectivity index (χ4n) is 2.41.